The molecule has 1 aromatic heterocycles. The van der Waals surface area contributed by atoms with E-state index in [4.69, 9.17) is 4.74 Å². The number of thiazole rings is 1. The van der Waals surface area contributed by atoms with E-state index in [2.05, 4.69) is 27.3 Å². The topological polar surface area (TPSA) is 54.5 Å². The number of fused-ring (bicyclic) bond motifs is 1. The Bertz CT molecular complexity index is 707. The molecular weight excluding hydrogens is 346 g/mol. The Morgan fingerprint density at radius 2 is 2.23 bits per heavy atom. The van der Waals surface area contributed by atoms with Crippen molar-refractivity contribution in [2.45, 2.75) is 38.0 Å². The fraction of sp³-hybridized carbons (Fsp3) is 0.500. The van der Waals surface area contributed by atoms with E-state index in [1.165, 1.54) is 16.9 Å². The molecule has 2 aliphatic heterocycles. The molecule has 3 aliphatic rings. The Morgan fingerprint density at radius 1 is 1.35 bits per heavy atom. The molecule has 3 heterocycles. The Kier molecular flexibility index (Phi) is 5.62. The summed E-state index contributed by atoms with van der Waals surface area (Å²) in [6, 6.07) is 11.1. The molecule has 1 saturated carbocycles. The molecule has 1 amide bonds. The van der Waals surface area contributed by atoms with E-state index >= 15 is 0 Å². The van der Waals surface area contributed by atoms with Crippen LogP contribution in [0, 0.1) is 5.92 Å². The van der Waals surface area contributed by atoms with Crippen molar-refractivity contribution in [2.24, 2.45) is 5.92 Å². The number of ether oxygens (including phenoxy) is 1. The van der Waals surface area contributed by atoms with Crippen LogP contribution in [0.15, 0.2) is 42.0 Å². The number of carbonyl (C=O) groups is 1. The van der Waals surface area contributed by atoms with Gasteiger partial charge >= 0.3 is 0 Å². The van der Waals surface area contributed by atoms with Crippen LogP contribution in [0.4, 0.5) is 0 Å². The molecule has 2 bridgehead atoms. The Balaban J connectivity index is 1.15. The van der Waals surface area contributed by atoms with E-state index in [1.54, 1.807) is 11.3 Å². The molecule has 3 atom stereocenters. The second kappa shape index (κ2) is 8.29. The van der Waals surface area contributed by atoms with Crippen molar-refractivity contribution in [3.63, 3.8) is 0 Å². The quantitative estimate of drug-likeness (QED) is 0.688. The largest absolute Gasteiger partial charge is 0.375 e. The normalized spacial score (nSPS) is 24.4. The number of aryl methyl sites for hydroxylation is 1. The number of carbonyl (C=O) groups excluding carboxylic acids is 1. The molecule has 1 N–H and O–H groups in total. The highest BCUT2D eigenvalue weighted by Gasteiger charge is 2.52. The van der Waals surface area contributed by atoms with Crippen LogP contribution in [0.1, 0.15) is 23.3 Å². The van der Waals surface area contributed by atoms with Crippen LogP contribution in [0.3, 0.4) is 0 Å². The maximum atomic E-state index is 12.2. The van der Waals surface area contributed by atoms with Gasteiger partial charge < -0.3 is 10.1 Å². The van der Waals surface area contributed by atoms with Crippen molar-refractivity contribution < 1.29 is 9.53 Å². The molecule has 5 nitrogen and oxygen atoms in total. The molecule has 3 unspecified atom stereocenters. The summed E-state index contributed by atoms with van der Waals surface area (Å²) >= 11 is 1.61. The first-order chi connectivity index (χ1) is 12.8. The molecule has 0 radical (unpaired) electrons. The van der Waals surface area contributed by atoms with Crippen LogP contribution in [0.25, 0.3) is 0 Å². The lowest BCUT2D eigenvalue weighted by molar-refractivity contribution is -0.122. The second-order valence-corrected chi connectivity index (χ2v) is 8.13. The summed E-state index contributed by atoms with van der Waals surface area (Å²) in [5, 5.41) is 3.25. The van der Waals surface area contributed by atoms with E-state index in [0.717, 1.165) is 26.1 Å². The highest BCUT2D eigenvalue weighted by atomic mass is 32.1. The van der Waals surface area contributed by atoms with Gasteiger partial charge in [-0.15, -0.1) is 11.3 Å². The molecule has 5 rings (SSSR count). The molecule has 3 fully saturated rings. The van der Waals surface area contributed by atoms with Crippen molar-refractivity contribution in [3.05, 3.63) is 52.5 Å². The summed E-state index contributed by atoms with van der Waals surface area (Å²) in [5.41, 5.74) is 3.03. The highest BCUT2D eigenvalue weighted by molar-refractivity contribution is 7.09. The van der Waals surface area contributed by atoms with Gasteiger partial charge in [-0.3, -0.25) is 14.7 Å². The molecule has 0 spiro atoms. The van der Waals surface area contributed by atoms with Crippen molar-refractivity contribution in [1.82, 2.24) is 15.2 Å². The minimum Gasteiger partial charge on any atom is -0.375 e. The van der Waals surface area contributed by atoms with Gasteiger partial charge in [-0.1, -0.05) is 30.3 Å². The highest BCUT2D eigenvalue weighted by Crippen LogP contribution is 2.40. The monoisotopic (exact) mass is 371 g/mol. The standard InChI is InChI=1S/C20H25N3O2S/c24-19(7-6-17-11-21-14-26-17)22-20-16-10-18(20)23(12-16)8-9-25-13-15-4-2-1-3-5-15/h1-5,11,14,16,18,20H,6-10,12-13H2,(H,22,24). The number of hydrogen-bond acceptors (Lipinski definition) is 5. The Hall–Kier alpha value is -1.76. The summed E-state index contributed by atoms with van der Waals surface area (Å²) in [6.45, 7) is 3.44. The van der Waals surface area contributed by atoms with Crippen LogP contribution in [0.5, 0.6) is 0 Å². The van der Waals surface area contributed by atoms with E-state index < -0.39 is 0 Å². The summed E-state index contributed by atoms with van der Waals surface area (Å²) in [5.74, 6) is 0.779. The average molecular weight is 372 g/mol. The minimum absolute atomic E-state index is 0.167. The Morgan fingerprint density at radius 3 is 3.04 bits per heavy atom. The van der Waals surface area contributed by atoms with E-state index in [1.807, 2.05) is 29.9 Å². The molecule has 1 aromatic carbocycles. The minimum atomic E-state index is 0.167. The van der Waals surface area contributed by atoms with Crippen LogP contribution in [0.2, 0.25) is 0 Å². The second-order valence-electron chi connectivity index (χ2n) is 7.16. The van der Waals surface area contributed by atoms with Gasteiger partial charge in [0.1, 0.15) is 0 Å². The van der Waals surface area contributed by atoms with E-state index in [0.29, 0.717) is 31.0 Å². The molecule has 138 valence electrons. The first-order valence-corrected chi connectivity index (χ1v) is 10.2. The number of aromatic nitrogens is 1. The maximum absolute atomic E-state index is 12.2. The van der Waals surface area contributed by atoms with Crippen LogP contribution in [-0.2, 0) is 22.6 Å². The van der Waals surface area contributed by atoms with Crippen LogP contribution < -0.4 is 5.32 Å². The van der Waals surface area contributed by atoms with Gasteiger partial charge in [0.05, 0.1) is 18.7 Å². The van der Waals surface area contributed by atoms with Crippen LogP contribution >= 0.6 is 11.3 Å². The lowest BCUT2D eigenvalue weighted by Crippen LogP contribution is -2.54. The van der Waals surface area contributed by atoms with Gasteiger partial charge in [0.15, 0.2) is 0 Å². The fourth-order valence-electron chi connectivity index (χ4n) is 4.00. The zero-order valence-corrected chi connectivity index (χ0v) is 15.7. The number of hydrogen-bond donors (Lipinski definition) is 1. The SMILES string of the molecule is O=C(CCc1cncs1)NC1C2CC1N(CCOCc1ccccc1)C2. The first kappa shape index (κ1) is 17.6. The molecule has 6 heteroatoms. The van der Waals surface area contributed by atoms with Crippen LogP contribution in [-0.4, -0.2) is 47.6 Å². The van der Waals surface area contributed by atoms with Gasteiger partial charge in [0, 0.05) is 42.7 Å². The molecule has 2 aromatic rings. The number of nitrogens with zero attached hydrogens (tertiary/aromatic N) is 2. The fourth-order valence-corrected chi connectivity index (χ4v) is 4.60. The lowest BCUT2D eigenvalue weighted by atomic mass is 9.80. The molecule has 26 heavy (non-hydrogen) atoms. The lowest BCUT2D eigenvalue weighted by Gasteiger charge is -2.37. The predicted octanol–water partition coefficient (Wildman–Crippen LogP) is 2.48. The Labute approximate surface area is 158 Å². The van der Waals surface area contributed by atoms with Gasteiger partial charge in [0.2, 0.25) is 5.91 Å². The van der Waals surface area contributed by atoms with Gasteiger partial charge in [-0.25, -0.2) is 0 Å². The summed E-state index contributed by atoms with van der Waals surface area (Å²) in [4.78, 5) is 19.9. The van der Waals surface area contributed by atoms with Crippen molar-refractivity contribution in [2.75, 3.05) is 19.7 Å². The third-order valence-electron chi connectivity index (χ3n) is 5.45. The van der Waals surface area contributed by atoms with E-state index in [9.17, 15) is 4.79 Å². The third-order valence-corrected chi connectivity index (χ3v) is 6.29. The van der Waals surface area contributed by atoms with Crippen molar-refractivity contribution >= 4 is 17.2 Å². The smallest absolute Gasteiger partial charge is 0.220 e. The summed E-state index contributed by atoms with van der Waals surface area (Å²) < 4.78 is 5.81. The average Bonchev–Trinajstić information content (AvgIpc) is 3.38. The third kappa shape index (κ3) is 4.14. The molecule has 2 saturated heterocycles. The van der Waals surface area contributed by atoms with Crippen molar-refractivity contribution in [3.8, 4) is 0 Å². The van der Waals surface area contributed by atoms with E-state index in [-0.39, 0.29) is 5.91 Å². The summed E-state index contributed by atoms with van der Waals surface area (Å²) in [7, 11) is 0. The zero-order valence-electron chi connectivity index (χ0n) is 14.8. The number of benzene rings is 1. The number of rotatable bonds is 9. The molecule has 1 aliphatic carbocycles. The van der Waals surface area contributed by atoms with Crippen molar-refractivity contribution in [1.29, 1.82) is 0 Å². The molecular formula is C20H25N3O2S. The number of amides is 1. The number of nitrogens with one attached hydrogen (secondary N) is 1. The van der Waals surface area contributed by atoms with Gasteiger partial charge in [-0.05, 0) is 24.3 Å². The zero-order chi connectivity index (χ0) is 17.8. The first-order valence-electron chi connectivity index (χ1n) is 9.32. The van der Waals surface area contributed by atoms with Gasteiger partial charge in [-0.2, -0.15) is 0 Å². The van der Waals surface area contributed by atoms with Gasteiger partial charge in [0.25, 0.3) is 0 Å². The maximum Gasteiger partial charge on any atom is 0.220 e. The summed E-state index contributed by atoms with van der Waals surface area (Å²) in [6.07, 6.45) is 4.40. The predicted molar refractivity (Wildman–Crippen MR) is 102 cm³/mol.